The number of aromatic nitrogens is 2. The molecule has 0 amide bonds. The molecule has 0 spiro atoms. The molecule has 0 bridgehead atoms. The number of hydrogen-bond acceptors (Lipinski definition) is 4. The number of fused-ring (bicyclic) bond motifs is 1. The molecule has 25 heavy (non-hydrogen) atoms. The number of nitriles is 1. The number of rotatable bonds is 2. The molecule has 124 valence electrons. The van der Waals surface area contributed by atoms with Crippen LogP contribution in [0.4, 0.5) is 0 Å². The molecule has 2 aromatic heterocycles. The number of pyridine rings is 1. The number of hydrogen-bond donors (Lipinski definition) is 2. The molecular formula is C19H17N4O2+. The third-order valence-corrected chi connectivity index (χ3v) is 4.33. The van der Waals surface area contributed by atoms with Gasteiger partial charge >= 0.3 is 0 Å². The van der Waals surface area contributed by atoms with E-state index in [0.717, 1.165) is 42.8 Å². The Labute approximate surface area is 144 Å². The van der Waals surface area contributed by atoms with Gasteiger partial charge in [0.2, 0.25) is 0 Å². The summed E-state index contributed by atoms with van der Waals surface area (Å²) in [5.41, 5.74) is 3.60. The highest BCUT2D eigenvalue weighted by Crippen LogP contribution is 2.35. The maximum Gasteiger partial charge on any atom is 0.199 e. The highest BCUT2D eigenvalue weighted by molar-refractivity contribution is 5.98. The number of aromatic hydroxyl groups is 1. The second-order valence-electron chi connectivity index (χ2n) is 5.97. The van der Waals surface area contributed by atoms with Crippen molar-refractivity contribution in [1.82, 2.24) is 9.97 Å². The van der Waals surface area contributed by atoms with E-state index >= 15 is 0 Å². The summed E-state index contributed by atoms with van der Waals surface area (Å²) in [6.07, 6.45) is 3.86. The lowest BCUT2D eigenvalue weighted by molar-refractivity contribution is -0.544. The van der Waals surface area contributed by atoms with E-state index in [2.05, 4.69) is 26.8 Å². The van der Waals surface area contributed by atoms with Gasteiger partial charge in [-0.05, 0) is 30.3 Å². The van der Waals surface area contributed by atoms with Crippen LogP contribution in [-0.2, 0) is 4.74 Å². The highest BCUT2D eigenvalue weighted by Gasteiger charge is 2.15. The van der Waals surface area contributed by atoms with E-state index in [4.69, 9.17) is 10.00 Å². The van der Waals surface area contributed by atoms with Crippen molar-refractivity contribution in [3.05, 3.63) is 47.7 Å². The molecule has 4 rings (SSSR count). The molecule has 0 atom stereocenters. The molecule has 1 aromatic carbocycles. The van der Waals surface area contributed by atoms with Crippen molar-refractivity contribution in [2.24, 2.45) is 0 Å². The van der Waals surface area contributed by atoms with E-state index in [1.54, 1.807) is 24.4 Å². The Kier molecular flexibility index (Phi) is 3.92. The molecule has 0 saturated carbocycles. The van der Waals surface area contributed by atoms with Crippen LogP contribution in [0.5, 0.6) is 5.88 Å². The first kappa shape index (κ1) is 15.4. The van der Waals surface area contributed by atoms with Crippen LogP contribution in [0, 0.1) is 11.3 Å². The lowest BCUT2D eigenvalue weighted by Gasteiger charge is -2.10. The first-order valence-corrected chi connectivity index (χ1v) is 8.12. The molecule has 1 fully saturated rings. The summed E-state index contributed by atoms with van der Waals surface area (Å²) in [4.78, 5) is 7.43. The Hall–Kier alpha value is -3.17. The smallest absolute Gasteiger partial charge is 0.199 e. The SMILES string of the molecule is N#Cc1ccc2[nH]c(O)c(-c3ccc(C=[N+]4CCOCC4)cn3)c2c1. The van der Waals surface area contributed by atoms with Gasteiger partial charge in [-0.2, -0.15) is 5.26 Å². The number of nitrogens with one attached hydrogen (secondary N) is 1. The molecule has 1 aliphatic rings. The van der Waals surface area contributed by atoms with Gasteiger partial charge in [-0.25, -0.2) is 4.58 Å². The van der Waals surface area contributed by atoms with Crippen molar-refractivity contribution in [3.8, 4) is 23.2 Å². The zero-order chi connectivity index (χ0) is 17.2. The molecule has 0 radical (unpaired) electrons. The number of benzene rings is 1. The predicted octanol–water partition coefficient (Wildman–Crippen LogP) is 2.27. The van der Waals surface area contributed by atoms with Crippen LogP contribution in [0.15, 0.2) is 36.5 Å². The van der Waals surface area contributed by atoms with Gasteiger partial charge < -0.3 is 14.8 Å². The second-order valence-corrected chi connectivity index (χ2v) is 5.97. The average molecular weight is 333 g/mol. The van der Waals surface area contributed by atoms with E-state index in [1.165, 1.54) is 0 Å². The molecule has 1 aliphatic heterocycles. The first-order chi connectivity index (χ1) is 12.2. The molecule has 3 aromatic rings. The average Bonchev–Trinajstić information content (AvgIpc) is 2.98. The van der Waals surface area contributed by atoms with Gasteiger partial charge in [0.15, 0.2) is 25.2 Å². The fourth-order valence-corrected chi connectivity index (χ4v) is 3.05. The zero-order valence-electron chi connectivity index (χ0n) is 13.6. The molecule has 3 heterocycles. The minimum absolute atomic E-state index is 0.0579. The summed E-state index contributed by atoms with van der Waals surface area (Å²) in [5, 5.41) is 20.2. The zero-order valence-corrected chi connectivity index (χ0v) is 13.6. The number of aromatic amines is 1. The number of ether oxygens (including phenoxy) is 1. The molecular weight excluding hydrogens is 316 g/mol. The number of H-pyrrole nitrogens is 1. The first-order valence-electron chi connectivity index (χ1n) is 8.12. The number of nitrogens with zero attached hydrogens (tertiary/aromatic N) is 3. The molecule has 6 heteroatoms. The van der Waals surface area contributed by atoms with Crippen LogP contribution in [0.2, 0.25) is 0 Å². The van der Waals surface area contributed by atoms with Crippen molar-refractivity contribution >= 4 is 17.1 Å². The van der Waals surface area contributed by atoms with Crippen LogP contribution in [0.25, 0.3) is 22.2 Å². The van der Waals surface area contributed by atoms with Crippen molar-refractivity contribution < 1.29 is 14.4 Å². The summed E-state index contributed by atoms with van der Waals surface area (Å²) in [6, 6.07) is 11.3. The molecule has 1 saturated heterocycles. The Morgan fingerprint density at radius 3 is 2.80 bits per heavy atom. The van der Waals surface area contributed by atoms with Crippen molar-refractivity contribution in [2.75, 3.05) is 26.3 Å². The largest absolute Gasteiger partial charge is 0.494 e. The summed E-state index contributed by atoms with van der Waals surface area (Å²) in [6.45, 7) is 3.24. The van der Waals surface area contributed by atoms with E-state index in [0.29, 0.717) is 16.8 Å². The maximum absolute atomic E-state index is 10.3. The van der Waals surface area contributed by atoms with Gasteiger partial charge in [-0.1, -0.05) is 0 Å². The topological polar surface area (TPSA) is 84.9 Å². The predicted molar refractivity (Wildman–Crippen MR) is 93.9 cm³/mol. The van der Waals surface area contributed by atoms with Crippen LogP contribution >= 0.6 is 0 Å². The van der Waals surface area contributed by atoms with E-state index in [9.17, 15) is 5.11 Å². The normalized spacial score (nSPS) is 14.4. The Balaban J connectivity index is 1.71. The van der Waals surface area contributed by atoms with Gasteiger partial charge in [0.25, 0.3) is 0 Å². The van der Waals surface area contributed by atoms with Gasteiger partial charge in [-0.3, -0.25) is 4.98 Å². The van der Waals surface area contributed by atoms with Gasteiger partial charge in [0, 0.05) is 17.1 Å². The minimum atomic E-state index is 0.0579. The minimum Gasteiger partial charge on any atom is -0.494 e. The van der Waals surface area contributed by atoms with E-state index in [-0.39, 0.29) is 5.88 Å². The fraction of sp³-hybridized carbons (Fsp3) is 0.211. The Morgan fingerprint density at radius 1 is 1.24 bits per heavy atom. The van der Waals surface area contributed by atoms with Gasteiger partial charge in [0.1, 0.15) is 13.2 Å². The highest BCUT2D eigenvalue weighted by atomic mass is 16.5. The summed E-state index contributed by atoms with van der Waals surface area (Å²) in [7, 11) is 0. The molecule has 0 aliphatic carbocycles. The van der Waals surface area contributed by atoms with Gasteiger partial charge in [-0.15, -0.1) is 0 Å². The maximum atomic E-state index is 10.3. The molecule has 0 unspecified atom stereocenters. The van der Waals surface area contributed by atoms with E-state index < -0.39 is 0 Å². The Morgan fingerprint density at radius 2 is 2.08 bits per heavy atom. The third-order valence-electron chi connectivity index (χ3n) is 4.33. The monoisotopic (exact) mass is 333 g/mol. The molecule has 6 nitrogen and oxygen atoms in total. The van der Waals surface area contributed by atoms with Crippen LogP contribution < -0.4 is 0 Å². The Bertz CT molecular complexity index is 989. The summed E-state index contributed by atoms with van der Waals surface area (Å²) >= 11 is 0. The van der Waals surface area contributed by atoms with Crippen molar-refractivity contribution in [2.45, 2.75) is 0 Å². The third kappa shape index (κ3) is 2.97. The lowest BCUT2D eigenvalue weighted by Crippen LogP contribution is -2.29. The van der Waals surface area contributed by atoms with Crippen molar-refractivity contribution in [1.29, 1.82) is 5.26 Å². The summed E-state index contributed by atoms with van der Waals surface area (Å²) in [5.74, 6) is 0.0579. The van der Waals surface area contributed by atoms with Crippen molar-refractivity contribution in [3.63, 3.8) is 0 Å². The van der Waals surface area contributed by atoms with Crippen LogP contribution in [0.1, 0.15) is 11.1 Å². The lowest BCUT2D eigenvalue weighted by atomic mass is 10.1. The standard InChI is InChI=1S/C19H16N4O2/c20-10-13-1-3-16-15(9-13)18(19(24)22-16)17-4-2-14(11-21-17)12-23-5-7-25-8-6-23/h1-4,9,11-12H,5-8H2,(H,22,24)/p+1. The van der Waals surface area contributed by atoms with E-state index in [1.807, 2.05) is 12.1 Å². The van der Waals surface area contributed by atoms with Gasteiger partial charge in [0.05, 0.1) is 28.5 Å². The van der Waals surface area contributed by atoms with Crippen LogP contribution in [0.3, 0.4) is 0 Å². The quantitative estimate of drug-likeness (QED) is 0.705. The summed E-state index contributed by atoms with van der Waals surface area (Å²) < 4.78 is 7.56. The van der Waals surface area contributed by atoms with Crippen LogP contribution in [-0.4, -0.2) is 52.2 Å². The fourth-order valence-electron chi connectivity index (χ4n) is 3.05. The second kappa shape index (κ2) is 6.38. The molecule has 2 N–H and O–H groups in total. The number of morpholine rings is 1.